The van der Waals surface area contributed by atoms with Crippen LogP contribution < -0.4 is 11.5 Å². The molecule has 0 aliphatic heterocycles. The van der Waals surface area contributed by atoms with Gasteiger partial charge >= 0.3 is 0 Å². The molecule has 1 aliphatic rings. The van der Waals surface area contributed by atoms with Gasteiger partial charge in [0.2, 0.25) is 0 Å². The fraction of sp³-hybridized carbons (Fsp3) is 0.167. The van der Waals surface area contributed by atoms with Crippen LogP contribution in [0, 0.1) is 23.3 Å². The standard InChI is InChI=1S/C12H6F8N2/c13-3-1-2(5(14)9(18)6(3)15)4-7(16)10(19)12(21,22)11(20)8(4)17/h1,10H,21-22H2. The average Bonchev–Trinajstić information content (AvgIpc) is 2.47. The Morgan fingerprint density at radius 2 is 1.41 bits per heavy atom. The molecule has 0 fully saturated rings. The molecule has 1 atom stereocenters. The minimum atomic E-state index is -3.22. The van der Waals surface area contributed by atoms with E-state index in [9.17, 15) is 35.1 Å². The first-order valence-electron chi connectivity index (χ1n) is 5.52. The van der Waals surface area contributed by atoms with E-state index in [0.717, 1.165) is 0 Å². The zero-order chi connectivity index (χ0) is 17.0. The summed E-state index contributed by atoms with van der Waals surface area (Å²) in [6.07, 6.45) is -3.16. The fourth-order valence-electron chi connectivity index (χ4n) is 1.85. The van der Waals surface area contributed by atoms with E-state index in [0.29, 0.717) is 0 Å². The van der Waals surface area contributed by atoms with Crippen LogP contribution in [0.15, 0.2) is 23.5 Å². The molecule has 22 heavy (non-hydrogen) atoms. The monoisotopic (exact) mass is 330 g/mol. The second kappa shape index (κ2) is 5.06. The Morgan fingerprint density at radius 3 is 1.95 bits per heavy atom. The number of hydrogen-bond donors (Lipinski definition) is 2. The van der Waals surface area contributed by atoms with Crippen molar-refractivity contribution >= 4 is 5.57 Å². The van der Waals surface area contributed by atoms with E-state index < -0.39 is 63.7 Å². The molecule has 1 unspecified atom stereocenters. The lowest BCUT2D eigenvalue weighted by atomic mass is 9.89. The normalized spacial score (nSPS) is 21.6. The molecule has 1 aromatic rings. The summed E-state index contributed by atoms with van der Waals surface area (Å²) < 4.78 is 107. The van der Waals surface area contributed by atoms with Gasteiger partial charge in [-0.25, -0.2) is 35.1 Å². The zero-order valence-corrected chi connectivity index (χ0v) is 10.3. The molecule has 1 aliphatic carbocycles. The van der Waals surface area contributed by atoms with Gasteiger partial charge in [-0.2, -0.15) is 0 Å². The van der Waals surface area contributed by atoms with Crippen LogP contribution in [0.5, 0.6) is 0 Å². The minimum Gasteiger partial charge on any atom is -0.305 e. The van der Waals surface area contributed by atoms with Crippen molar-refractivity contribution in [2.75, 3.05) is 0 Å². The Bertz CT molecular complexity index is 722. The highest BCUT2D eigenvalue weighted by molar-refractivity contribution is 5.82. The SMILES string of the molecule is NC1(N)C(F)=C(F)C(c2cc(F)c(F)c(F)c2F)=C(F)C1F. The Hall–Kier alpha value is -1.94. The molecule has 0 bridgehead atoms. The van der Waals surface area contributed by atoms with Crippen LogP contribution in [0.25, 0.3) is 5.57 Å². The highest BCUT2D eigenvalue weighted by Crippen LogP contribution is 2.43. The predicted molar refractivity (Wildman–Crippen MR) is 59.5 cm³/mol. The van der Waals surface area contributed by atoms with Crippen LogP contribution in [0.3, 0.4) is 0 Å². The summed E-state index contributed by atoms with van der Waals surface area (Å²) in [7, 11) is 0. The molecule has 120 valence electrons. The van der Waals surface area contributed by atoms with Crippen LogP contribution in [-0.4, -0.2) is 11.8 Å². The van der Waals surface area contributed by atoms with E-state index in [1.54, 1.807) is 0 Å². The maximum Gasteiger partial charge on any atom is 0.198 e. The molecule has 0 saturated carbocycles. The van der Waals surface area contributed by atoms with Gasteiger partial charge in [0.25, 0.3) is 0 Å². The van der Waals surface area contributed by atoms with Gasteiger partial charge in [-0.3, -0.25) is 0 Å². The summed E-state index contributed by atoms with van der Waals surface area (Å²) in [6.45, 7) is 0. The number of allylic oxidation sites excluding steroid dienone is 2. The minimum absolute atomic E-state index is 0.151. The first-order chi connectivity index (χ1) is 10.0. The molecule has 0 heterocycles. The first kappa shape index (κ1) is 16.4. The van der Waals surface area contributed by atoms with Crippen LogP contribution in [0.2, 0.25) is 0 Å². The Labute approximate surface area is 117 Å². The lowest BCUT2D eigenvalue weighted by Gasteiger charge is -2.31. The predicted octanol–water partition coefficient (Wildman–Crippen LogP) is 3.04. The van der Waals surface area contributed by atoms with Gasteiger partial charge < -0.3 is 11.5 Å². The van der Waals surface area contributed by atoms with Gasteiger partial charge in [-0.05, 0) is 6.07 Å². The van der Waals surface area contributed by atoms with Crippen molar-refractivity contribution < 1.29 is 35.1 Å². The lowest BCUT2D eigenvalue weighted by molar-refractivity contribution is 0.192. The molecule has 4 N–H and O–H groups in total. The number of rotatable bonds is 1. The molecular weight excluding hydrogens is 324 g/mol. The number of halogens is 8. The van der Waals surface area contributed by atoms with Crippen molar-refractivity contribution in [3.05, 3.63) is 52.4 Å². The fourth-order valence-corrected chi connectivity index (χ4v) is 1.85. The smallest absolute Gasteiger partial charge is 0.198 e. The lowest BCUT2D eigenvalue weighted by Crippen LogP contribution is -2.59. The zero-order valence-electron chi connectivity index (χ0n) is 10.3. The van der Waals surface area contributed by atoms with Gasteiger partial charge in [0.1, 0.15) is 5.83 Å². The van der Waals surface area contributed by atoms with Gasteiger partial charge in [0.15, 0.2) is 46.8 Å². The number of benzene rings is 1. The summed E-state index contributed by atoms with van der Waals surface area (Å²) in [4.78, 5) is 0. The molecule has 2 nitrogen and oxygen atoms in total. The number of alkyl halides is 1. The number of hydrogen-bond acceptors (Lipinski definition) is 2. The number of nitrogens with two attached hydrogens (primary N) is 2. The van der Waals surface area contributed by atoms with Crippen molar-refractivity contribution in [2.24, 2.45) is 11.5 Å². The van der Waals surface area contributed by atoms with E-state index in [1.807, 2.05) is 0 Å². The summed E-state index contributed by atoms with van der Waals surface area (Å²) in [5.74, 6) is -15.5. The van der Waals surface area contributed by atoms with Crippen LogP contribution in [-0.2, 0) is 0 Å². The Kier molecular flexibility index (Phi) is 3.78. The molecular formula is C12H6F8N2. The second-order valence-electron chi connectivity index (χ2n) is 4.49. The Balaban J connectivity index is 2.81. The average molecular weight is 330 g/mol. The van der Waals surface area contributed by atoms with Gasteiger partial charge in [0.05, 0.1) is 5.57 Å². The van der Waals surface area contributed by atoms with E-state index in [-0.39, 0.29) is 6.07 Å². The third kappa shape index (κ3) is 2.10. The molecule has 2 rings (SSSR count). The van der Waals surface area contributed by atoms with E-state index >= 15 is 0 Å². The molecule has 0 amide bonds. The summed E-state index contributed by atoms with van der Waals surface area (Å²) in [5, 5.41) is 0. The van der Waals surface area contributed by atoms with Gasteiger partial charge in [-0.15, -0.1) is 0 Å². The molecule has 10 heteroatoms. The van der Waals surface area contributed by atoms with Gasteiger partial charge in [0, 0.05) is 5.56 Å². The molecule has 0 radical (unpaired) electrons. The molecule has 1 aromatic carbocycles. The van der Waals surface area contributed by atoms with Crippen molar-refractivity contribution in [3.8, 4) is 0 Å². The molecule has 0 saturated heterocycles. The molecule has 0 aromatic heterocycles. The van der Waals surface area contributed by atoms with E-state index in [4.69, 9.17) is 11.5 Å². The van der Waals surface area contributed by atoms with Crippen molar-refractivity contribution in [1.29, 1.82) is 0 Å². The van der Waals surface area contributed by atoms with Crippen LogP contribution in [0.4, 0.5) is 35.1 Å². The first-order valence-corrected chi connectivity index (χ1v) is 5.52. The third-order valence-electron chi connectivity index (χ3n) is 3.05. The molecule has 0 spiro atoms. The van der Waals surface area contributed by atoms with Crippen molar-refractivity contribution in [3.63, 3.8) is 0 Å². The van der Waals surface area contributed by atoms with E-state index in [2.05, 4.69) is 0 Å². The Morgan fingerprint density at radius 1 is 0.864 bits per heavy atom. The van der Waals surface area contributed by atoms with Gasteiger partial charge in [-0.1, -0.05) is 0 Å². The van der Waals surface area contributed by atoms with Crippen LogP contribution >= 0.6 is 0 Å². The van der Waals surface area contributed by atoms with E-state index in [1.165, 1.54) is 0 Å². The maximum atomic E-state index is 13.8. The third-order valence-corrected chi connectivity index (χ3v) is 3.05. The van der Waals surface area contributed by atoms with Crippen molar-refractivity contribution in [1.82, 2.24) is 0 Å². The van der Waals surface area contributed by atoms with Crippen molar-refractivity contribution in [2.45, 2.75) is 11.8 Å². The highest BCUT2D eigenvalue weighted by Gasteiger charge is 2.48. The highest BCUT2D eigenvalue weighted by atomic mass is 19.2. The summed E-state index contributed by atoms with van der Waals surface area (Å²) >= 11 is 0. The summed E-state index contributed by atoms with van der Waals surface area (Å²) in [5.41, 5.74) is 3.18. The van der Waals surface area contributed by atoms with Crippen LogP contribution in [0.1, 0.15) is 5.56 Å². The largest absolute Gasteiger partial charge is 0.305 e. The quantitative estimate of drug-likeness (QED) is 0.360. The summed E-state index contributed by atoms with van der Waals surface area (Å²) in [6, 6.07) is -0.151. The second-order valence-corrected chi connectivity index (χ2v) is 4.49. The topological polar surface area (TPSA) is 52.0 Å². The maximum absolute atomic E-state index is 13.8.